The van der Waals surface area contributed by atoms with Crippen LogP contribution in [0, 0.1) is 0 Å². The number of rotatable bonds is 17. The van der Waals surface area contributed by atoms with Crippen LogP contribution in [0.25, 0.3) is 11.1 Å². The molecule has 0 radical (unpaired) electrons. The quantitative estimate of drug-likeness (QED) is 0.239. The minimum absolute atomic E-state index is 0.112. The third-order valence-corrected chi connectivity index (χ3v) is 5.44. The molecular formula is C28H42O3. The molecule has 0 N–H and O–H groups in total. The first-order valence-corrected chi connectivity index (χ1v) is 12.3. The predicted molar refractivity (Wildman–Crippen MR) is 131 cm³/mol. The molecule has 0 saturated carbocycles. The summed E-state index contributed by atoms with van der Waals surface area (Å²) in [6.45, 7) is 8.74. The molecule has 0 aromatic heterocycles. The van der Waals surface area contributed by atoms with E-state index in [0.29, 0.717) is 6.61 Å². The van der Waals surface area contributed by atoms with Gasteiger partial charge in [-0.25, -0.2) is 0 Å². The van der Waals surface area contributed by atoms with Gasteiger partial charge in [0.2, 0.25) is 0 Å². The van der Waals surface area contributed by atoms with E-state index in [1.54, 1.807) is 0 Å². The highest BCUT2D eigenvalue weighted by atomic mass is 16.5. The Kier molecular flexibility index (Phi) is 12.8. The lowest BCUT2D eigenvalue weighted by Gasteiger charge is -2.14. The van der Waals surface area contributed by atoms with Gasteiger partial charge < -0.3 is 14.2 Å². The monoisotopic (exact) mass is 426 g/mol. The molecule has 172 valence electrons. The van der Waals surface area contributed by atoms with E-state index in [2.05, 4.69) is 57.2 Å². The van der Waals surface area contributed by atoms with Gasteiger partial charge in [0.1, 0.15) is 18.1 Å². The summed E-state index contributed by atoms with van der Waals surface area (Å²) in [4.78, 5) is 0. The lowest BCUT2D eigenvalue weighted by atomic mass is 10.1. The molecule has 1 unspecified atom stereocenters. The van der Waals surface area contributed by atoms with Crippen molar-refractivity contribution in [2.75, 3.05) is 19.8 Å². The van der Waals surface area contributed by atoms with Crippen LogP contribution in [-0.2, 0) is 4.74 Å². The maximum absolute atomic E-state index is 5.89. The molecule has 0 amide bonds. The Labute approximate surface area is 190 Å². The molecule has 2 rings (SSSR count). The second-order valence-electron chi connectivity index (χ2n) is 8.36. The second-order valence-corrected chi connectivity index (χ2v) is 8.36. The van der Waals surface area contributed by atoms with Crippen LogP contribution in [0.1, 0.15) is 78.6 Å². The number of hydrogen-bond donors (Lipinski definition) is 0. The van der Waals surface area contributed by atoms with Crippen molar-refractivity contribution in [3.8, 4) is 22.6 Å². The van der Waals surface area contributed by atoms with Crippen molar-refractivity contribution in [3.05, 3.63) is 48.5 Å². The van der Waals surface area contributed by atoms with E-state index >= 15 is 0 Å². The molecule has 3 heteroatoms. The molecule has 2 aromatic carbocycles. The Morgan fingerprint density at radius 1 is 0.581 bits per heavy atom. The summed E-state index contributed by atoms with van der Waals surface area (Å²) in [5.41, 5.74) is 2.37. The van der Waals surface area contributed by atoms with Crippen molar-refractivity contribution >= 4 is 0 Å². The van der Waals surface area contributed by atoms with E-state index in [0.717, 1.165) is 37.6 Å². The fourth-order valence-corrected chi connectivity index (χ4v) is 3.46. The van der Waals surface area contributed by atoms with E-state index in [-0.39, 0.29) is 6.10 Å². The summed E-state index contributed by atoms with van der Waals surface area (Å²) < 4.78 is 17.6. The fourth-order valence-electron chi connectivity index (χ4n) is 3.46. The summed E-state index contributed by atoms with van der Waals surface area (Å²) in [5, 5.41) is 0. The molecule has 0 heterocycles. The van der Waals surface area contributed by atoms with Crippen LogP contribution in [-0.4, -0.2) is 25.9 Å². The highest BCUT2D eigenvalue weighted by Gasteiger charge is 2.05. The summed E-state index contributed by atoms with van der Waals surface area (Å²) in [5.74, 6) is 1.83. The Morgan fingerprint density at radius 2 is 1.06 bits per heavy atom. The van der Waals surface area contributed by atoms with Crippen molar-refractivity contribution in [3.63, 3.8) is 0 Å². The van der Waals surface area contributed by atoms with Crippen molar-refractivity contribution in [1.82, 2.24) is 0 Å². The van der Waals surface area contributed by atoms with Crippen LogP contribution in [0.2, 0.25) is 0 Å². The smallest absolute Gasteiger partial charge is 0.119 e. The molecule has 0 bridgehead atoms. The first kappa shape index (κ1) is 25.3. The van der Waals surface area contributed by atoms with Crippen LogP contribution in [0.15, 0.2) is 48.5 Å². The molecular weight excluding hydrogens is 384 g/mol. The number of hydrogen-bond acceptors (Lipinski definition) is 3. The SMILES string of the molecule is CCCCCCCOc1ccc(-c2ccc(OCC(C)OCCCCCC)cc2)cc1. The zero-order valence-corrected chi connectivity index (χ0v) is 19.9. The van der Waals surface area contributed by atoms with Gasteiger partial charge in [-0.3, -0.25) is 0 Å². The third kappa shape index (κ3) is 10.7. The van der Waals surface area contributed by atoms with Gasteiger partial charge in [0.25, 0.3) is 0 Å². The lowest BCUT2D eigenvalue weighted by molar-refractivity contribution is 0.0303. The van der Waals surface area contributed by atoms with Gasteiger partial charge in [-0.2, -0.15) is 0 Å². The fraction of sp³-hybridized carbons (Fsp3) is 0.571. The van der Waals surface area contributed by atoms with Crippen molar-refractivity contribution in [2.45, 2.75) is 84.7 Å². The molecule has 0 aliphatic rings. The largest absolute Gasteiger partial charge is 0.494 e. The van der Waals surface area contributed by atoms with Crippen LogP contribution >= 0.6 is 0 Å². The molecule has 0 fully saturated rings. The zero-order chi connectivity index (χ0) is 22.2. The first-order chi connectivity index (χ1) is 15.2. The van der Waals surface area contributed by atoms with Crippen molar-refractivity contribution < 1.29 is 14.2 Å². The van der Waals surface area contributed by atoms with E-state index in [1.165, 1.54) is 56.1 Å². The zero-order valence-electron chi connectivity index (χ0n) is 19.9. The van der Waals surface area contributed by atoms with Crippen LogP contribution < -0.4 is 9.47 Å². The Bertz CT molecular complexity index is 678. The van der Waals surface area contributed by atoms with Gasteiger partial charge in [-0.05, 0) is 55.2 Å². The Morgan fingerprint density at radius 3 is 1.65 bits per heavy atom. The molecule has 3 nitrogen and oxygen atoms in total. The summed E-state index contributed by atoms with van der Waals surface area (Å²) in [7, 11) is 0. The molecule has 0 spiro atoms. The third-order valence-electron chi connectivity index (χ3n) is 5.44. The molecule has 0 aliphatic carbocycles. The topological polar surface area (TPSA) is 27.7 Å². The molecule has 2 aromatic rings. The van der Waals surface area contributed by atoms with Crippen molar-refractivity contribution in [1.29, 1.82) is 0 Å². The average Bonchev–Trinajstić information content (AvgIpc) is 2.80. The highest BCUT2D eigenvalue weighted by molar-refractivity contribution is 5.64. The summed E-state index contributed by atoms with van der Waals surface area (Å²) >= 11 is 0. The predicted octanol–water partition coefficient (Wildman–Crippen LogP) is 8.07. The van der Waals surface area contributed by atoms with E-state index < -0.39 is 0 Å². The van der Waals surface area contributed by atoms with Gasteiger partial charge in [-0.15, -0.1) is 0 Å². The van der Waals surface area contributed by atoms with Crippen molar-refractivity contribution in [2.24, 2.45) is 0 Å². The van der Waals surface area contributed by atoms with Gasteiger partial charge in [0.15, 0.2) is 0 Å². The summed E-state index contributed by atoms with van der Waals surface area (Å²) in [6.07, 6.45) is 11.3. The minimum Gasteiger partial charge on any atom is -0.494 e. The van der Waals surface area contributed by atoms with E-state index in [4.69, 9.17) is 14.2 Å². The normalized spacial score (nSPS) is 12.0. The lowest BCUT2D eigenvalue weighted by Crippen LogP contribution is -2.18. The van der Waals surface area contributed by atoms with Crippen LogP contribution in [0.3, 0.4) is 0 Å². The summed E-state index contributed by atoms with van der Waals surface area (Å²) in [6, 6.07) is 16.6. The van der Waals surface area contributed by atoms with Gasteiger partial charge >= 0.3 is 0 Å². The van der Waals surface area contributed by atoms with E-state index in [9.17, 15) is 0 Å². The number of ether oxygens (including phenoxy) is 3. The first-order valence-electron chi connectivity index (χ1n) is 12.3. The number of benzene rings is 2. The Hall–Kier alpha value is -2.00. The van der Waals surface area contributed by atoms with Crippen LogP contribution in [0.4, 0.5) is 0 Å². The maximum atomic E-state index is 5.89. The van der Waals surface area contributed by atoms with Gasteiger partial charge in [-0.1, -0.05) is 83.1 Å². The molecule has 31 heavy (non-hydrogen) atoms. The molecule has 0 saturated heterocycles. The highest BCUT2D eigenvalue weighted by Crippen LogP contribution is 2.25. The minimum atomic E-state index is 0.112. The maximum Gasteiger partial charge on any atom is 0.119 e. The van der Waals surface area contributed by atoms with Gasteiger partial charge in [0.05, 0.1) is 12.7 Å². The average molecular weight is 427 g/mol. The molecule has 1 atom stereocenters. The molecule has 0 aliphatic heterocycles. The second kappa shape index (κ2) is 15.8. The Balaban J connectivity index is 1.69. The van der Waals surface area contributed by atoms with Gasteiger partial charge in [0, 0.05) is 6.61 Å². The standard InChI is InChI=1S/C28H42O3/c1-4-6-8-10-12-22-30-27-17-13-25(14-18-27)26-15-19-28(20-16-26)31-23-24(3)29-21-11-9-7-5-2/h13-20,24H,4-12,21-23H2,1-3H3. The number of unbranched alkanes of at least 4 members (excludes halogenated alkanes) is 7. The van der Waals surface area contributed by atoms with E-state index in [1.807, 2.05) is 12.1 Å². The van der Waals surface area contributed by atoms with Crippen LogP contribution in [0.5, 0.6) is 11.5 Å².